The predicted molar refractivity (Wildman–Crippen MR) is 54.5 cm³/mol. The van der Waals surface area contributed by atoms with Crippen molar-refractivity contribution in [3.8, 4) is 5.75 Å². The van der Waals surface area contributed by atoms with E-state index in [1.807, 2.05) is 6.07 Å². The molecule has 0 aliphatic heterocycles. The average molecular weight is 253 g/mol. The molecule has 0 spiro atoms. The summed E-state index contributed by atoms with van der Waals surface area (Å²) in [6, 6.07) is 6.99. The fourth-order valence-corrected chi connectivity index (χ4v) is 0.712. The summed E-state index contributed by atoms with van der Waals surface area (Å²) in [6.07, 6.45) is 0. The average Bonchev–Trinajstić information content (AvgIpc) is 2.15. The molecular formula is C7H11FN2O5P+. The third-order valence-corrected chi connectivity index (χ3v) is 1.19. The van der Waals surface area contributed by atoms with Gasteiger partial charge in [0.25, 0.3) is 0 Å². The zero-order chi connectivity index (χ0) is 11.9. The fraction of sp³-hybridized carbons (Fsp3) is 0.143. The van der Waals surface area contributed by atoms with Crippen LogP contribution in [0.3, 0.4) is 0 Å². The molecule has 0 heterocycles. The Morgan fingerprint density at radius 1 is 1.31 bits per heavy atom. The molecule has 0 saturated carbocycles. The van der Waals surface area contributed by atoms with E-state index >= 15 is 0 Å². The molecule has 90 valence electrons. The highest BCUT2D eigenvalue weighted by Crippen LogP contribution is 2.26. The summed E-state index contributed by atoms with van der Waals surface area (Å²) in [7, 11) is -3.11. The van der Waals surface area contributed by atoms with Gasteiger partial charge in [0.15, 0.2) is 4.98 Å². The third-order valence-electron chi connectivity index (χ3n) is 1.19. The molecular weight excluding hydrogens is 242 g/mol. The maximum atomic E-state index is 8.88. The largest absolute Gasteiger partial charge is 0.489 e. The minimum absolute atomic E-state index is 0. The first-order chi connectivity index (χ1) is 6.88. The van der Waals surface area contributed by atoms with Crippen molar-refractivity contribution in [3.05, 3.63) is 29.2 Å². The van der Waals surface area contributed by atoms with Crippen LogP contribution in [-0.2, 0) is 4.57 Å². The topological polar surface area (TPSA) is 115 Å². The summed E-state index contributed by atoms with van der Waals surface area (Å²) in [5, 5.41) is 8.39. The highest BCUT2D eigenvalue weighted by Gasteiger charge is 2.10. The number of hydrogen-bond acceptors (Lipinski definition) is 3. The minimum Gasteiger partial charge on any atom is -0.489 e. The summed E-state index contributed by atoms with van der Waals surface area (Å²) >= 11 is 0. The molecule has 0 amide bonds. The highest BCUT2D eigenvalue weighted by atomic mass is 31.2. The van der Waals surface area contributed by atoms with E-state index < -0.39 is 7.82 Å². The van der Waals surface area contributed by atoms with Crippen LogP contribution in [-0.4, -0.2) is 21.8 Å². The van der Waals surface area contributed by atoms with Crippen LogP contribution < -0.4 is 4.74 Å². The first kappa shape index (κ1) is 16.9. The van der Waals surface area contributed by atoms with Gasteiger partial charge < -0.3 is 19.4 Å². The maximum Gasteiger partial charge on any atom is 0.466 e. The van der Waals surface area contributed by atoms with Gasteiger partial charge in [-0.1, -0.05) is 12.1 Å². The number of para-hydroxylation sites is 1. The molecule has 1 aromatic carbocycles. The van der Waals surface area contributed by atoms with Crippen molar-refractivity contribution in [1.29, 1.82) is 5.39 Å². The maximum absolute atomic E-state index is 8.88. The van der Waals surface area contributed by atoms with Crippen LogP contribution in [0.4, 0.5) is 10.4 Å². The van der Waals surface area contributed by atoms with Crippen molar-refractivity contribution >= 4 is 13.5 Å². The van der Waals surface area contributed by atoms with Crippen molar-refractivity contribution in [2.45, 2.75) is 0 Å². The molecule has 0 atom stereocenters. The number of methoxy groups -OCH3 is 1. The van der Waals surface area contributed by atoms with E-state index in [1.54, 1.807) is 18.2 Å². The Kier molecular flexibility index (Phi) is 8.16. The van der Waals surface area contributed by atoms with Crippen LogP contribution in [0.25, 0.3) is 4.98 Å². The third kappa shape index (κ3) is 9.05. The molecule has 0 radical (unpaired) electrons. The number of nitrogens with zero attached hydrogens (tertiary/aromatic N) is 2. The Bertz CT molecular complexity index is 394. The summed E-state index contributed by atoms with van der Waals surface area (Å²) in [5.41, 5.74) is 0.449. The lowest BCUT2D eigenvalue weighted by atomic mass is 10.3. The number of phosphoric acid groups is 1. The van der Waals surface area contributed by atoms with Crippen LogP contribution in [0.5, 0.6) is 5.75 Å². The van der Waals surface area contributed by atoms with Gasteiger partial charge in [0.1, 0.15) is 0 Å². The number of ether oxygens (including phenoxy) is 1. The number of hydrogen-bond donors (Lipinski definition) is 3. The van der Waals surface area contributed by atoms with E-state index in [0.717, 1.165) is 0 Å². The molecule has 0 aromatic heterocycles. The van der Waals surface area contributed by atoms with E-state index in [-0.39, 0.29) is 4.70 Å². The Labute approximate surface area is 90.5 Å². The first-order valence-corrected chi connectivity index (χ1v) is 5.21. The molecule has 16 heavy (non-hydrogen) atoms. The molecule has 9 heteroatoms. The van der Waals surface area contributed by atoms with Gasteiger partial charge in [-0.2, -0.15) is 0 Å². The zero-order valence-electron chi connectivity index (χ0n) is 8.22. The van der Waals surface area contributed by atoms with E-state index in [1.165, 1.54) is 7.11 Å². The van der Waals surface area contributed by atoms with Gasteiger partial charge in [0, 0.05) is 6.07 Å². The second-order valence-electron chi connectivity index (χ2n) is 2.29. The molecule has 0 bridgehead atoms. The first-order valence-electron chi connectivity index (χ1n) is 3.65. The predicted octanol–water partition coefficient (Wildman–Crippen LogP) is 1.40. The number of benzene rings is 1. The van der Waals surface area contributed by atoms with Crippen LogP contribution in [0.2, 0.25) is 0 Å². The minimum atomic E-state index is -4.64. The van der Waals surface area contributed by atoms with Crippen molar-refractivity contribution in [1.82, 2.24) is 0 Å². The molecule has 0 fully saturated rings. The quantitative estimate of drug-likeness (QED) is 0.514. The summed E-state index contributed by atoms with van der Waals surface area (Å²) < 4.78 is 13.8. The lowest BCUT2D eigenvalue weighted by molar-refractivity contribution is 0.275. The van der Waals surface area contributed by atoms with Gasteiger partial charge >= 0.3 is 13.5 Å². The van der Waals surface area contributed by atoms with E-state index in [9.17, 15) is 0 Å². The van der Waals surface area contributed by atoms with Crippen LogP contribution in [0.15, 0.2) is 24.3 Å². The Morgan fingerprint density at radius 3 is 2.06 bits per heavy atom. The molecule has 0 unspecified atom stereocenters. The van der Waals surface area contributed by atoms with Gasteiger partial charge in [0.05, 0.1) is 7.11 Å². The van der Waals surface area contributed by atoms with Crippen molar-refractivity contribution in [3.63, 3.8) is 0 Å². The van der Waals surface area contributed by atoms with Crippen LogP contribution in [0.1, 0.15) is 0 Å². The van der Waals surface area contributed by atoms with Gasteiger partial charge in [0.2, 0.25) is 11.1 Å². The van der Waals surface area contributed by atoms with Crippen molar-refractivity contribution in [2.24, 2.45) is 0 Å². The van der Waals surface area contributed by atoms with Gasteiger partial charge in [-0.05, 0) is 6.07 Å². The SMILES string of the molecule is COc1ccccc1[N+]#N.F.O=P(O)(O)O. The molecule has 1 rings (SSSR count). The second kappa shape index (κ2) is 7.73. The highest BCUT2D eigenvalue weighted by molar-refractivity contribution is 7.45. The monoisotopic (exact) mass is 253 g/mol. The normalized spacial score (nSPS) is 8.94. The Morgan fingerprint density at radius 2 is 1.75 bits per heavy atom. The van der Waals surface area contributed by atoms with Crippen LogP contribution >= 0.6 is 7.82 Å². The standard InChI is InChI=1S/C7H7N2O.FH.H3O4P/c1-10-7-5-3-2-4-6(7)9-8;;1-5(2,3)4/h2-5H,1H3;1H;(H3,1,2,3,4)/q+1;;. The summed E-state index contributed by atoms with van der Waals surface area (Å²) in [6.45, 7) is 0. The Hall–Kier alpha value is -1.52. The molecule has 0 aliphatic rings. The molecule has 7 nitrogen and oxygen atoms in total. The van der Waals surface area contributed by atoms with Gasteiger partial charge in [-0.15, -0.1) is 0 Å². The number of halogens is 1. The van der Waals surface area contributed by atoms with Gasteiger partial charge in [-0.3, -0.25) is 4.70 Å². The molecule has 1 aromatic rings. The number of diazo groups is 1. The van der Waals surface area contributed by atoms with Gasteiger partial charge in [-0.25, -0.2) is 4.57 Å². The lowest BCUT2D eigenvalue weighted by Crippen LogP contribution is -1.80. The zero-order valence-corrected chi connectivity index (χ0v) is 9.11. The second-order valence-corrected chi connectivity index (χ2v) is 3.31. The Balaban J connectivity index is 0. The summed E-state index contributed by atoms with van der Waals surface area (Å²) in [4.78, 5) is 24.6. The molecule has 3 N–H and O–H groups in total. The molecule has 0 aliphatic carbocycles. The van der Waals surface area contributed by atoms with Crippen molar-refractivity contribution < 1.29 is 28.7 Å². The lowest BCUT2D eigenvalue weighted by Gasteiger charge is -1.91. The fourth-order valence-electron chi connectivity index (χ4n) is 0.712. The van der Waals surface area contributed by atoms with E-state index in [0.29, 0.717) is 11.4 Å². The number of rotatable bonds is 1. The smallest absolute Gasteiger partial charge is 0.466 e. The van der Waals surface area contributed by atoms with Crippen molar-refractivity contribution in [2.75, 3.05) is 7.11 Å². The van der Waals surface area contributed by atoms with Crippen LogP contribution in [0, 0.1) is 5.39 Å². The van der Waals surface area contributed by atoms with E-state index in [4.69, 9.17) is 29.4 Å². The molecule has 0 saturated heterocycles. The van der Waals surface area contributed by atoms with E-state index in [2.05, 4.69) is 4.98 Å². The summed E-state index contributed by atoms with van der Waals surface area (Å²) in [5.74, 6) is 0.574.